The van der Waals surface area contributed by atoms with E-state index >= 15 is 0 Å². The molecule has 1 unspecified atom stereocenters. The third kappa shape index (κ3) is 4.86. The fourth-order valence-corrected chi connectivity index (χ4v) is 4.29. The molecule has 31 heavy (non-hydrogen) atoms. The lowest BCUT2D eigenvalue weighted by Gasteiger charge is -2.08. The molecule has 0 saturated carbocycles. The van der Waals surface area contributed by atoms with Crippen LogP contribution in [0.5, 0.6) is 0 Å². The number of thioether (sulfide) groups is 1. The lowest BCUT2D eigenvalue weighted by molar-refractivity contribution is -0.118. The number of oxazole rings is 1. The normalized spacial score (nSPS) is 16.5. The summed E-state index contributed by atoms with van der Waals surface area (Å²) in [5, 5.41) is 14.6. The zero-order valence-electron chi connectivity index (χ0n) is 16.9. The highest BCUT2D eigenvalue weighted by Crippen LogP contribution is 2.24. The maximum absolute atomic E-state index is 11.7. The zero-order valence-corrected chi connectivity index (χ0v) is 17.7. The third-order valence-electron chi connectivity index (χ3n) is 5.11. The van der Waals surface area contributed by atoms with Crippen molar-refractivity contribution in [2.45, 2.75) is 31.4 Å². The van der Waals surface area contributed by atoms with Crippen molar-refractivity contribution in [2.75, 3.05) is 0 Å². The fraction of sp³-hybridized carbons (Fsp3) is 0.217. The minimum atomic E-state index is -0.404. The van der Waals surface area contributed by atoms with Gasteiger partial charge in [-0.25, -0.2) is 4.98 Å². The number of hydrogen-bond donors (Lipinski definition) is 2. The zero-order chi connectivity index (χ0) is 21.8. The Hall–Kier alpha value is -3.39. The van der Waals surface area contributed by atoms with Crippen molar-refractivity contribution in [2.24, 2.45) is 5.16 Å². The number of benzene rings is 2. The first kappa shape index (κ1) is 20.9. The van der Waals surface area contributed by atoms with E-state index in [-0.39, 0.29) is 11.1 Å². The van der Waals surface area contributed by atoms with Crippen molar-refractivity contribution in [3.8, 4) is 11.5 Å². The van der Waals surface area contributed by atoms with Gasteiger partial charge in [0.1, 0.15) is 5.76 Å². The molecule has 3 aromatic rings. The SMILES string of the molecule is Cc1oc(-c2ccccc2)nc1CCC(=NO)c1ccc(CC2SC(=O)NC2=O)cc1. The molecule has 1 aromatic heterocycles. The summed E-state index contributed by atoms with van der Waals surface area (Å²) >= 11 is 1.01. The van der Waals surface area contributed by atoms with Crippen LogP contribution in [0.3, 0.4) is 0 Å². The van der Waals surface area contributed by atoms with Crippen LogP contribution in [0, 0.1) is 6.92 Å². The van der Waals surface area contributed by atoms with Crippen LogP contribution in [-0.2, 0) is 17.6 Å². The molecule has 4 rings (SSSR count). The van der Waals surface area contributed by atoms with Gasteiger partial charge in [0.05, 0.1) is 16.7 Å². The standard InChI is InChI=1S/C23H21N3O4S/c1-14-18(24-22(30-14)17-5-3-2-4-6-17)11-12-19(26-29)16-9-7-15(8-10-16)13-20-21(27)25-23(28)31-20/h2-10,20,29H,11-13H2,1H3,(H,25,27,28). The number of aromatic nitrogens is 1. The van der Waals surface area contributed by atoms with E-state index in [0.29, 0.717) is 30.9 Å². The van der Waals surface area contributed by atoms with Gasteiger partial charge in [-0.2, -0.15) is 0 Å². The average Bonchev–Trinajstić information content (AvgIpc) is 3.31. The highest BCUT2D eigenvalue weighted by atomic mass is 32.2. The lowest BCUT2D eigenvalue weighted by Crippen LogP contribution is -2.25. The summed E-state index contributed by atoms with van der Waals surface area (Å²) in [6, 6.07) is 17.2. The predicted molar refractivity (Wildman–Crippen MR) is 118 cm³/mol. The maximum Gasteiger partial charge on any atom is 0.286 e. The van der Waals surface area contributed by atoms with Crippen molar-refractivity contribution in [1.82, 2.24) is 10.3 Å². The molecule has 2 N–H and O–H groups in total. The average molecular weight is 436 g/mol. The van der Waals surface area contributed by atoms with Crippen LogP contribution in [0.4, 0.5) is 4.79 Å². The molecule has 2 heterocycles. The Morgan fingerprint density at radius 2 is 1.90 bits per heavy atom. The minimum Gasteiger partial charge on any atom is -0.441 e. The first-order valence-electron chi connectivity index (χ1n) is 9.87. The number of carbonyl (C=O) groups excluding carboxylic acids is 2. The van der Waals surface area contributed by atoms with E-state index in [1.807, 2.05) is 61.5 Å². The Bertz CT molecular complexity index is 1120. The minimum absolute atomic E-state index is 0.255. The number of oxime groups is 1. The molecule has 1 aliphatic heterocycles. The van der Waals surface area contributed by atoms with Gasteiger partial charge < -0.3 is 9.62 Å². The quantitative estimate of drug-likeness (QED) is 0.325. The number of rotatable bonds is 7. The molecule has 1 saturated heterocycles. The summed E-state index contributed by atoms with van der Waals surface area (Å²) in [6.45, 7) is 1.88. The third-order valence-corrected chi connectivity index (χ3v) is 6.09. The van der Waals surface area contributed by atoms with E-state index in [9.17, 15) is 14.8 Å². The number of nitrogens with zero attached hydrogens (tertiary/aromatic N) is 2. The molecular weight excluding hydrogens is 414 g/mol. The second-order valence-corrected chi connectivity index (χ2v) is 8.39. The van der Waals surface area contributed by atoms with E-state index in [4.69, 9.17) is 4.42 Å². The molecule has 7 nitrogen and oxygen atoms in total. The molecule has 0 spiro atoms. The Morgan fingerprint density at radius 1 is 1.16 bits per heavy atom. The van der Waals surface area contributed by atoms with Crippen LogP contribution in [-0.4, -0.2) is 32.3 Å². The molecule has 2 amide bonds. The van der Waals surface area contributed by atoms with E-state index in [2.05, 4.69) is 15.5 Å². The molecular formula is C23H21N3O4S. The Kier molecular flexibility index (Phi) is 6.18. The number of nitrogens with one attached hydrogen (secondary N) is 1. The van der Waals surface area contributed by atoms with Crippen molar-refractivity contribution < 1.29 is 19.2 Å². The van der Waals surface area contributed by atoms with Gasteiger partial charge in [-0.3, -0.25) is 14.9 Å². The summed E-state index contributed by atoms with van der Waals surface area (Å²) in [5.41, 5.74) is 4.00. The van der Waals surface area contributed by atoms with Gasteiger partial charge in [-0.05, 0) is 49.4 Å². The molecule has 1 atom stereocenters. The Morgan fingerprint density at radius 3 is 2.55 bits per heavy atom. The van der Waals surface area contributed by atoms with Crippen molar-refractivity contribution >= 4 is 28.6 Å². The number of amides is 2. The van der Waals surface area contributed by atoms with Crippen molar-refractivity contribution in [3.05, 3.63) is 77.2 Å². The van der Waals surface area contributed by atoms with Gasteiger partial charge in [0, 0.05) is 5.56 Å². The molecule has 8 heteroatoms. The number of carbonyl (C=O) groups is 2. The summed E-state index contributed by atoms with van der Waals surface area (Å²) in [4.78, 5) is 27.6. The van der Waals surface area contributed by atoms with Crippen LogP contribution in [0.15, 0.2) is 64.2 Å². The monoisotopic (exact) mass is 435 g/mol. The number of imide groups is 1. The van der Waals surface area contributed by atoms with E-state index in [1.54, 1.807) is 0 Å². The number of hydrogen-bond acceptors (Lipinski definition) is 7. The smallest absolute Gasteiger partial charge is 0.286 e. The highest BCUT2D eigenvalue weighted by Gasteiger charge is 2.31. The van der Waals surface area contributed by atoms with Crippen molar-refractivity contribution in [3.63, 3.8) is 0 Å². The second kappa shape index (κ2) is 9.18. The topological polar surface area (TPSA) is 105 Å². The van der Waals surface area contributed by atoms with Gasteiger partial charge in [0.15, 0.2) is 0 Å². The van der Waals surface area contributed by atoms with E-state index in [1.165, 1.54) is 0 Å². The predicted octanol–water partition coefficient (Wildman–Crippen LogP) is 4.36. The van der Waals surface area contributed by atoms with Crippen LogP contribution in [0.25, 0.3) is 11.5 Å². The summed E-state index contributed by atoms with van der Waals surface area (Å²) in [7, 11) is 0. The first-order chi connectivity index (χ1) is 15.0. The van der Waals surface area contributed by atoms with E-state index in [0.717, 1.165) is 39.9 Å². The van der Waals surface area contributed by atoms with Crippen LogP contribution >= 0.6 is 11.8 Å². The first-order valence-corrected chi connectivity index (χ1v) is 10.7. The van der Waals surface area contributed by atoms with Gasteiger partial charge in [0.25, 0.3) is 5.24 Å². The molecule has 0 aliphatic carbocycles. The van der Waals surface area contributed by atoms with Gasteiger partial charge in [-0.1, -0.05) is 59.4 Å². The van der Waals surface area contributed by atoms with Crippen LogP contribution in [0.1, 0.15) is 29.0 Å². The van der Waals surface area contributed by atoms with Crippen LogP contribution in [0.2, 0.25) is 0 Å². The largest absolute Gasteiger partial charge is 0.441 e. The molecule has 2 aromatic carbocycles. The molecule has 1 aliphatic rings. The lowest BCUT2D eigenvalue weighted by atomic mass is 10.0. The Labute approximate surface area is 183 Å². The Balaban J connectivity index is 1.40. The molecule has 0 radical (unpaired) electrons. The van der Waals surface area contributed by atoms with Gasteiger partial charge >= 0.3 is 0 Å². The van der Waals surface area contributed by atoms with Gasteiger partial charge in [-0.15, -0.1) is 0 Å². The number of aryl methyl sites for hydroxylation is 2. The summed E-state index contributed by atoms with van der Waals surface area (Å²) in [6.07, 6.45) is 1.53. The highest BCUT2D eigenvalue weighted by molar-refractivity contribution is 8.15. The fourth-order valence-electron chi connectivity index (χ4n) is 3.43. The van der Waals surface area contributed by atoms with E-state index < -0.39 is 5.25 Å². The van der Waals surface area contributed by atoms with Gasteiger partial charge in [0.2, 0.25) is 11.8 Å². The summed E-state index contributed by atoms with van der Waals surface area (Å²) < 4.78 is 5.80. The molecule has 1 fully saturated rings. The molecule has 0 bridgehead atoms. The maximum atomic E-state index is 11.7. The van der Waals surface area contributed by atoms with Crippen LogP contribution < -0.4 is 5.32 Å². The molecule has 158 valence electrons. The summed E-state index contributed by atoms with van der Waals surface area (Å²) in [5.74, 6) is 1.06. The second-order valence-electron chi connectivity index (χ2n) is 7.22. The van der Waals surface area contributed by atoms with Crippen molar-refractivity contribution in [1.29, 1.82) is 0 Å².